The summed E-state index contributed by atoms with van der Waals surface area (Å²) in [4.78, 5) is 60.5. The number of aromatic nitrogens is 1. The predicted octanol–water partition coefficient (Wildman–Crippen LogP) is 6.45. The molecular weight excluding hydrogens is 845 g/mol. The summed E-state index contributed by atoms with van der Waals surface area (Å²) >= 11 is 11.9. The molecule has 324 valence electrons. The summed E-state index contributed by atoms with van der Waals surface area (Å²) in [5, 5.41) is 11.7. The number of hydrogen-bond donors (Lipinski definition) is 1. The zero-order valence-corrected chi connectivity index (χ0v) is 35.3. The van der Waals surface area contributed by atoms with Gasteiger partial charge in [-0.05, 0) is 93.4 Å². The van der Waals surface area contributed by atoms with E-state index in [4.69, 9.17) is 33.8 Å². The van der Waals surface area contributed by atoms with Gasteiger partial charge in [-0.1, -0.05) is 17.7 Å². The Morgan fingerprint density at radius 1 is 1.05 bits per heavy atom. The summed E-state index contributed by atoms with van der Waals surface area (Å²) in [5.41, 5.74) is -2.96. The molecule has 0 saturated carbocycles. The number of piperidine rings is 1. The van der Waals surface area contributed by atoms with Crippen LogP contribution in [-0.4, -0.2) is 94.3 Å². The van der Waals surface area contributed by atoms with Gasteiger partial charge < -0.3 is 9.64 Å². The van der Waals surface area contributed by atoms with E-state index in [0.717, 1.165) is 28.3 Å². The van der Waals surface area contributed by atoms with Gasteiger partial charge in [0.05, 0.1) is 29.6 Å². The van der Waals surface area contributed by atoms with Crippen molar-refractivity contribution in [3.05, 3.63) is 81.6 Å². The molecule has 1 unspecified atom stereocenters. The highest BCUT2D eigenvalue weighted by molar-refractivity contribution is 7.81. The summed E-state index contributed by atoms with van der Waals surface area (Å²) < 4.78 is 77.5. The molecule has 0 aliphatic carbocycles. The molecule has 0 spiro atoms. The Labute approximate surface area is 359 Å². The number of ketones is 1. The van der Waals surface area contributed by atoms with Crippen molar-refractivity contribution in [3.63, 3.8) is 0 Å². The second kappa shape index (κ2) is 17.7. The van der Waals surface area contributed by atoms with E-state index in [1.807, 2.05) is 13.0 Å². The van der Waals surface area contributed by atoms with Crippen LogP contribution < -0.4 is 19.9 Å². The molecule has 3 aromatic rings. The number of nitrogens with zero attached hydrogens (tertiary/aromatic N) is 6. The number of piperazine rings is 1. The zero-order valence-electron chi connectivity index (χ0n) is 33.7. The Hall–Kier alpha value is -5.09. The standard InChI is InChI=1S/C42H43ClF5N7O5S/c1-24-22-52(9-10-53(24)23-31(56)17-26-13-25(15-28(43)16-26)14-27-5-8-36(57)51-37(27)58)11-12-60-35-7-6-29(18-33(35)41(4,44)45)55-39(61)54(38(59)40(55,2)3)30-19-32(42(46,47)48)34(20-49)50-21-30/h6-7,13,15-16,18-19,21,24,27H,5,8-12,14,17,22-23H2,1-4H3,(H,51,57,58)/t24-,27?/m1/s1. The topological polar surface area (TPSA) is 139 Å². The monoisotopic (exact) mass is 887 g/mol. The molecule has 3 amide bonds. The molecule has 4 heterocycles. The summed E-state index contributed by atoms with van der Waals surface area (Å²) in [5.74, 6) is -5.20. The van der Waals surface area contributed by atoms with Gasteiger partial charge in [0.25, 0.3) is 11.8 Å². The minimum atomic E-state index is -4.95. The molecule has 0 radical (unpaired) electrons. The van der Waals surface area contributed by atoms with Gasteiger partial charge in [0, 0.05) is 68.6 Å². The molecule has 3 aliphatic rings. The number of rotatable bonds is 13. The number of amides is 3. The summed E-state index contributed by atoms with van der Waals surface area (Å²) in [6.07, 6.45) is -2.74. The van der Waals surface area contributed by atoms with Gasteiger partial charge in [-0.25, -0.2) is 13.8 Å². The van der Waals surface area contributed by atoms with Crippen LogP contribution in [0, 0.1) is 17.2 Å². The molecule has 1 N–H and O–H groups in total. The highest BCUT2D eigenvalue weighted by Gasteiger charge is 2.51. The van der Waals surface area contributed by atoms with E-state index in [0.29, 0.717) is 57.0 Å². The van der Waals surface area contributed by atoms with Gasteiger partial charge in [0.2, 0.25) is 11.8 Å². The molecule has 0 bridgehead atoms. The smallest absolute Gasteiger partial charge is 0.419 e. The van der Waals surface area contributed by atoms with Gasteiger partial charge >= 0.3 is 6.18 Å². The maximum Gasteiger partial charge on any atom is 0.419 e. The number of halogens is 6. The van der Waals surface area contributed by atoms with Crippen molar-refractivity contribution in [2.45, 2.75) is 77.1 Å². The van der Waals surface area contributed by atoms with E-state index < -0.39 is 40.4 Å². The Kier molecular flexibility index (Phi) is 13.2. The SMILES string of the molecule is C[C@@H]1CN(CCOc2ccc(N3C(=S)N(c4cnc(C#N)c(C(F)(F)F)c4)C(=O)C3(C)C)cc2C(C)(F)F)CCN1CC(=O)Cc1cc(Cl)cc(CC2CCC(=O)NC2=O)c1. The third kappa shape index (κ3) is 10.2. The predicted molar refractivity (Wildman–Crippen MR) is 219 cm³/mol. The van der Waals surface area contributed by atoms with Crippen LogP contribution in [0.4, 0.5) is 33.3 Å². The van der Waals surface area contributed by atoms with Crippen LogP contribution in [0.1, 0.15) is 68.5 Å². The van der Waals surface area contributed by atoms with Crippen molar-refractivity contribution in [3.8, 4) is 11.8 Å². The number of nitrogens with one attached hydrogen (secondary N) is 1. The number of hydrogen-bond acceptors (Lipinski definition) is 10. The largest absolute Gasteiger partial charge is 0.492 e. The second-order valence-electron chi connectivity index (χ2n) is 16.1. The highest BCUT2D eigenvalue weighted by Crippen LogP contribution is 2.43. The Morgan fingerprint density at radius 3 is 2.41 bits per heavy atom. The van der Waals surface area contributed by atoms with Crippen molar-refractivity contribution >= 4 is 63.8 Å². The van der Waals surface area contributed by atoms with E-state index in [2.05, 4.69) is 20.1 Å². The number of alkyl halides is 5. The molecular formula is C42H43ClF5N7O5S. The number of carbonyl (C=O) groups is 4. The van der Waals surface area contributed by atoms with Crippen LogP contribution in [0.3, 0.4) is 0 Å². The normalized spacial score (nSPS) is 20.2. The van der Waals surface area contributed by atoms with Crippen LogP contribution in [0.25, 0.3) is 0 Å². The number of ether oxygens (including phenoxy) is 1. The fraction of sp³-hybridized carbons (Fsp3) is 0.452. The van der Waals surface area contributed by atoms with E-state index in [1.54, 1.807) is 12.1 Å². The first-order valence-corrected chi connectivity index (χ1v) is 20.3. The molecule has 3 aliphatic heterocycles. The molecule has 19 heteroatoms. The zero-order chi connectivity index (χ0) is 44.6. The minimum absolute atomic E-state index is 0.00802. The highest BCUT2D eigenvalue weighted by atomic mass is 35.5. The summed E-state index contributed by atoms with van der Waals surface area (Å²) in [6.45, 7) is 8.02. The van der Waals surface area contributed by atoms with E-state index in [9.17, 15) is 32.3 Å². The summed E-state index contributed by atoms with van der Waals surface area (Å²) in [7, 11) is 0. The molecule has 2 atom stereocenters. The van der Waals surface area contributed by atoms with Crippen LogP contribution in [0.15, 0.2) is 48.7 Å². The Balaban J connectivity index is 1.06. The van der Waals surface area contributed by atoms with Crippen molar-refractivity contribution in [2.24, 2.45) is 5.92 Å². The average Bonchev–Trinajstić information content (AvgIpc) is 3.34. The van der Waals surface area contributed by atoms with Gasteiger partial charge in [0.15, 0.2) is 16.6 Å². The fourth-order valence-corrected chi connectivity index (χ4v) is 8.72. The lowest BCUT2D eigenvalue weighted by atomic mass is 9.90. The third-order valence-corrected chi connectivity index (χ3v) is 11.6. The van der Waals surface area contributed by atoms with Crippen molar-refractivity contribution in [1.29, 1.82) is 5.26 Å². The Morgan fingerprint density at radius 2 is 1.75 bits per heavy atom. The van der Waals surface area contributed by atoms with Gasteiger partial charge in [-0.2, -0.15) is 18.4 Å². The molecule has 2 aromatic carbocycles. The molecule has 3 saturated heterocycles. The first kappa shape index (κ1) is 45.4. The number of carbonyl (C=O) groups excluding carboxylic acids is 4. The number of imide groups is 1. The molecule has 12 nitrogen and oxygen atoms in total. The first-order valence-electron chi connectivity index (χ1n) is 19.5. The van der Waals surface area contributed by atoms with Crippen LogP contribution in [-0.2, 0) is 44.1 Å². The van der Waals surface area contributed by atoms with Crippen molar-refractivity contribution in [1.82, 2.24) is 20.1 Å². The van der Waals surface area contributed by atoms with Crippen molar-refractivity contribution in [2.75, 3.05) is 49.1 Å². The number of benzene rings is 2. The third-order valence-electron chi connectivity index (χ3n) is 11.1. The quantitative estimate of drug-likeness (QED) is 0.115. The molecule has 3 fully saturated rings. The van der Waals surface area contributed by atoms with Crippen LogP contribution >= 0.6 is 23.8 Å². The average molecular weight is 888 g/mol. The van der Waals surface area contributed by atoms with E-state index in [1.165, 1.54) is 36.9 Å². The summed E-state index contributed by atoms with van der Waals surface area (Å²) in [6, 6.07) is 11.3. The van der Waals surface area contributed by atoms with Crippen LogP contribution in [0.2, 0.25) is 5.02 Å². The van der Waals surface area contributed by atoms with Gasteiger partial charge in [-0.3, -0.25) is 39.2 Å². The second-order valence-corrected chi connectivity index (χ2v) is 16.9. The number of Topliss-reactive ketones (excluding diaryl/α,β-unsaturated/α-hetero) is 1. The lowest BCUT2D eigenvalue weighted by molar-refractivity contribution is -0.138. The van der Waals surface area contributed by atoms with E-state index >= 15 is 8.78 Å². The number of thiocarbonyl (C=S) groups is 1. The molecule has 6 rings (SSSR count). The first-order chi connectivity index (χ1) is 28.6. The number of pyridine rings is 1. The van der Waals surface area contributed by atoms with Gasteiger partial charge in [0.1, 0.15) is 24.0 Å². The maximum absolute atomic E-state index is 15.2. The number of nitriles is 1. The number of anilines is 2. The minimum Gasteiger partial charge on any atom is -0.492 e. The van der Waals surface area contributed by atoms with Crippen LogP contribution in [0.5, 0.6) is 5.75 Å². The fourth-order valence-electron chi connectivity index (χ4n) is 7.92. The molecule has 1 aromatic heterocycles. The lowest BCUT2D eigenvalue weighted by Gasteiger charge is -2.39. The van der Waals surface area contributed by atoms with Crippen molar-refractivity contribution < 1.29 is 45.9 Å². The molecule has 61 heavy (non-hydrogen) atoms. The Bertz CT molecular complexity index is 2300. The lowest BCUT2D eigenvalue weighted by Crippen LogP contribution is -2.53. The maximum atomic E-state index is 15.2. The van der Waals surface area contributed by atoms with Gasteiger partial charge in [-0.15, -0.1) is 0 Å². The van der Waals surface area contributed by atoms with E-state index in [-0.39, 0.29) is 77.8 Å².